The summed E-state index contributed by atoms with van der Waals surface area (Å²) < 4.78 is 25.3. The van der Waals surface area contributed by atoms with Crippen LogP contribution in [0, 0.1) is 5.82 Å². The van der Waals surface area contributed by atoms with Crippen molar-refractivity contribution in [2.24, 2.45) is 0 Å². The van der Waals surface area contributed by atoms with Gasteiger partial charge in [-0.05, 0) is 24.3 Å². The van der Waals surface area contributed by atoms with E-state index in [0.29, 0.717) is 43.2 Å². The van der Waals surface area contributed by atoms with E-state index in [1.165, 1.54) is 17.0 Å². The van der Waals surface area contributed by atoms with Crippen LogP contribution < -0.4 is 15.1 Å². The van der Waals surface area contributed by atoms with Crippen molar-refractivity contribution < 1.29 is 28.2 Å². The minimum atomic E-state index is -0.609. The summed E-state index contributed by atoms with van der Waals surface area (Å²) in [5.41, 5.74) is 1.33. The van der Waals surface area contributed by atoms with E-state index in [-0.39, 0.29) is 18.9 Å². The summed E-state index contributed by atoms with van der Waals surface area (Å²) in [6.07, 6.45) is 1.13. The molecule has 1 atom stereocenters. The summed E-state index contributed by atoms with van der Waals surface area (Å²) in [6.45, 7) is 2.54. The summed E-state index contributed by atoms with van der Waals surface area (Å²) in [4.78, 5) is 39.6. The molecule has 0 spiro atoms. The van der Waals surface area contributed by atoms with Gasteiger partial charge >= 0.3 is 6.09 Å². The minimum absolute atomic E-state index is 0.0687. The van der Waals surface area contributed by atoms with Gasteiger partial charge in [0.1, 0.15) is 11.9 Å². The molecule has 2 fully saturated rings. The highest BCUT2D eigenvalue weighted by molar-refractivity contribution is 6.07. The van der Waals surface area contributed by atoms with Crippen molar-refractivity contribution in [3.8, 4) is 0 Å². The monoisotopic (exact) mass is 453 g/mol. The van der Waals surface area contributed by atoms with Crippen molar-refractivity contribution in [1.29, 1.82) is 0 Å². The molecule has 0 aliphatic carbocycles. The first-order valence-electron chi connectivity index (χ1n) is 10.7. The molecule has 9 heteroatoms. The third-order valence-electron chi connectivity index (χ3n) is 5.42. The van der Waals surface area contributed by atoms with Crippen LogP contribution in [0.25, 0.3) is 0 Å². The molecule has 2 heterocycles. The first kappa shape index (κ1) is 22.5. The Hall–Kier alpha value is -3.72. The molecule has 172 valence electrons. The van der Waals surface area contributed by atoms with Crippen LogP contribution in [0.15, 0.2) is 60.7 Å². The van der Waals surface area contributed by atoms with Gasteiger partial charge < -0.3 is 19.7 Å². The number of cyclic esters (lactones) is 1. The molecule has 0 radical (unpaired) electrons. The standard InChI is InChI=1S/C24H24FN3O5/c25-20-14-18(6-7-21(20)27-10-12-32-13-11-27)28-16-19(33-24(28)31)15-26-23(30)9-8-22(29)17-4-2-1-3-5-17/h1-9,14,19H,10-13,15-16H2,(H,26,30)/b9-8-/t19-/m0/s1. The Bertz CT molecular complexity index is 1050. The van der Waals surface area contributed by atoms with E-state index < -0.39 is 23.9 Å². The van der Waals surface area contributed by atoms with E-state index in [1.54, 1.807) is 42.5 Å². The number of hydrogen-bond acceptors (Lipinski definition) is 6. The molecule has 1 N–H and O–H groups in total. The smallest absolute Gasteiger partial charge is 0.414 e. The number of hydrogen-bond donors (Lipinski definition) is 1. The largest absolute Gasteiger partial charge is 0.442 e. The van der Waals surface area contributed by atoms with Crippen molar-refractivity contribution in [1.82, 2.24) is 5.32 Å². The predicted octanol–water partition coefficient (Wildman–Crippen LogP) is 2.54. The molecular weight excluding hydrogens is 429 g/mol. The van der Waals surface area contributed by atoms with Gasteiger partial charge in [0, 0.05) is 24.7 Å². The lowest BCUT2D eigenvalue weighted by atomic mass is 10.1. The van der Waals surface area contributed by atoms with Gasteiger partial charge in [0.2, 0.25) is 5.91 Å². The summed E-state index contributed by atoms with van der Waals surface area (Å²) in [5.74, 6) is -1.19. The van der Waals surface area contributed by atoms with E-state index in [4.69, 9.17) is 9.47 Å². The first-order valence-corrected chi connectivity index (χ1v) is 10.7. The minimum Gasteiger partial charge on any atom is -0.442 e. The highest BCUT2D eigenvalue weighted by Gasteiger charge is 2.33. The number of rotatable bonds is 7. The number of halogens is 1. The fourth-order valence-electron chi connectivity index (χ4n) is 3.69. The van der Waals surface area contributed by atoms with Crippen LogP contribution in [-0.2, 0) is 14.3 Å². The number of amides is 2. The van der Waals surface area contributed by atoms with Crippen molar-refractivity contribution in [3.63, 3.8) is 0 Å². The number of ether oxygens (including phenoxy) is 2. The van der Waals surface area contributed by atoms with Crippen LogP contribution >= 0.6 is 0 Å². The van der Waals surface area contributed by atoms with Gasteiger partial charge in [-0.25, -0.2) is 9.18 Å². The summed E-state index contributed by atoms with van der Waals surface area (Å²) >= 11 is 0. The van der Waals surface area contributed by atoms with Crippen LogP contribution in [-0.4, -0.2) is 63.3 Å². The second-order valence-corrected chi connectivity index (χ2v) is 7.66. The lowest BCUT2D eigenvalue weighted by Gasteiger charge is -2.29. The van der Waals surface area contributed by atoms with Crippen molar-refractivity contribution in [2.45, 2.75) is 6.10 Å². The third-order valence-corrected chi connectivity index (χ3v) is 5.42. The molecule has 4 rings (SSSR count). The maximum atomic E-state index is 14.7. The maximum Gasteiger partial charge on any atom is 0.414 e. The molecule has 33 heavy (non-hydrogen) atoms. The Labute approximate surface area is 190 Å². The average molecular weight is 453 g/mol. The Balaban J connectivity index is 1.30. The van der Waals surface area contributed by atoms with Gasteiger partial charge in [0.15, 0.2) is 5.78 Å². The van der Waals surface area contributed by atoms with Crippen LogP contribution in [0.2, 0.25) is 0 Å². The Morgan fingerprint density at radius 3 is 2.58 bits per heavy atom. The zero-order chi connectivity index (χ0) is 23.2. The predicted molar refractivity (Wildman–Crippen MR) is 120 cm³/mol. The van der Waals surface area contributed by atoms with E-state index in [0.717, 1.165) is 6.08 Å². The fourth-order valence-corrected chi connectivity index (χ4v) is 3.69. The normalized spacial score (nSPS) is 18.5. The number of benzene rings is 2. The number of carbonyl (C=O) groups is 3. The number of carbonyl (C=O) groups excluding carboxylic acids is 3. The molecule has 0 unspecified atom stereocenters. The van der Waals surface area contributed by atoms with Crippen LogP contribution in [0.1, 0.15) is 10.4 Å². The summed E-state index contributed by atoms with van der Waals surface area (Å²) in [6, 6.07) is 13.2. The molecule has 0 aromatic heterocycles. The molecule has 2 amide bonds. The van der Waals surface area contributed by atoms with E-state index >= 15 is 0 Å². The van der Waals surface area contributed by atoms with E-state index in [2.05, 4.69) is 5.32 Å². The zero-order valence-electron chi connectivity index (χ0n) is 17.9. The fraction of sp³-hybridized carbons (Fsp3) is 0.292. The summed E-state index contributed by atoms with van der Waals surface area (Å²) in [5, 5.41) is 2.61. The Morgan fingerprint density at radius 1 is 1.09 bits per heavy atom. The van der Waals surface area contributed by atoms with Gasteiger partial charge in [-0.3, -0.25) is 14.5 Å². The highest BCUT2D eigenvalue weighted by Crippen LogP contribution is 2.28. The number of ketones is 1. The molecule has 8 nitrogen and oxygen atoms in total. The third kappa shape index (κ3) is 5.56. The van der Waals surface area contributed by atoms with Crippen molar-refractivity contribution in [2.75, 3.05) is 49.2 Å². The molecule has 2 aliphatic heterocycles. The second-order valence-electron chi connectivity index (χ2n) is 7.66. The highest BCUT2D eigenvalue weighted by atomic mass is 19.1. The maximum absolute atomic E-state index is 14.7. The van der Waals surface area contributed by atoms with Gasteiger partial charge in [-0.15, -0.1) is 0 Å². The quantitative estimate of drug-likeness (QED) is 0.512. The number of allylic oxidation sites excluding steroid dienone is 1. The Morgan fingerprint density at radius 2 is 1.85 bits per heavy atom. The molecule has 0 bridgehead atoms. The molecular formula is C24H24FN3O5. The van der Waals surface area contributed by atoms with Crippen LogP contribution in [0.3, 0.4) is 0 Å². The number of morpholine rings is 1. The number of nitrogens with one attached hydrogen (secondary N) is 1. The van der Waals surface area contributed by atoms with Crippen LogP contribution in [0.4, 0.5) is 20.6 Å². The van der Waals surface area contributed by atoms with Gasteiger partial charge in [0.25, 0.3) is 0 Å². The van der Waals surface area contributed by atoms with E-state index in [1.807, 2.05) is 4.90 Å². The topological polar surface area (TPSA) is 88.2 Å². The second kappa shape index (κ2) is 10.3. The first-order chi connectivity index (χ1) is 16.0. The van der Waals surface area contributed by atoms with Crippen molar-refractivity contribution >= 4 is 29.2 Å². The SMILES string of the molecule is O=C(/C=C\C(=O)c1ccccc1)NC[C@H]1CN(c2ccc(N3CCOCC3)c(F)c2)C(=O)O1. The van der Waals surface area contributed by atoms with Crippen molar-refractivity contribution in [3.05, 3.63) is 72.1 Å². The summed E-state index contributed by atoms with van der Waals surface area (Å²) in [7, 11) is 0. The van der Waals surface area contributed by atoms with Crippen LogP contribution in [0.5, 0.6) is 0 Å². The van der Waals surface area contributed by atoms with E-state index in [9.17, 15) is 18.8 Å². The molecule has 2 aliphatic rings. The van der Waals surface area contributed by atoms with Gasteiger partial charge in [0.05, 0.1) is 37.7 Å². The lowest BCUT2D eigenvalue weighted by Crippen LogP contribution is -2.36. The molecule has 0 saturated carbocycles. The number of nitrogens with zero attached hydrogens (tertiary/aromatic N) is 2. The van der Waals surface area contributed by atoms with Gasteiger partial charge in [-0.2, -0.15) is 0 Å². The molecule has 2 aromatic rings. The average Bonchev–Trinajstić information content (AvgIpc) is 3.22. The molecule has 2 saturated heterocycles. The Kier molecular flexibility index (Phi) is 6.99. The lowest BCUT2D eigenvalue weighted by molar-refractivity contribution is -0.116. The van der Waals surface area contributed by atoms with Gasteiger partial charge in [-0.1, -0.05) is 30.3 Å². The number of anilines is 2. The zero-order valence-corrected chi connectivity index (χ0v) is 17.9. The molecule has 2 aromatic carbocycles.